The number of benzene rings is 2. The van der Waals surface area contributed by atoms with Crippen LogP contribution in [0.25, 0.3) is 11.1 Å². The van der Waals surface area contributed by atoms with Gasteiger partial charge in [0.1, 0.15) is 17.5 Å². The van der Waals surface area contributed by atoms with Gasteiger partial charge < -0.3 is 5.11 Å². The van der Waals surface area contributed by atoms with Crippen molar-refractivity contribution in [1.29, 1.82) is 0 Å². The van der Waals surface area contributed by atoms with Gasteiger partial charge in [-0.2, -0.15) is 9.37 Å². The Morgan fingerprint density at radius 2 is 1.76 bits per heavy atom. The molecule has 1 N–H and O–H groups in total. The van der Waals surface area contributed by atoms with Crippen LogP contribution in [0.5, 0.6) is 5.88 Å². The number of rotatable bonds is 9. The topological polar surface area (TPSA) is 68.0 Å². The summed E-state index contributed by atoms with van der Waals surface area (Å²) in [6, 6.07) is 11.6. The zero-order valence-corrected chi connectivity index (χ0v) is 21.6. The number of pyridine rings is 1. The fourth-order valence-corrected chi connectivity index (χ4v) is 4.81. The van der Waals surface area contributed by atoms with E-state index < -0.39 is 29.2 Å². The largest absolute Gasteiger partial charge is 0.494 e. The molecule has 0 aliphatic carbocycles. The predicted octanol–water partition coefficient (Wildman–Crippen LogP) is 6.67. The van der Waals surface area contributed by atoms with Crippen LogP contribution in [0.15, 0.2) is 59.5 Å². The molecule has 0 saturated carbocycles. The maximum Gasteiger partial charge on any atom is 0.280 e. The summed E-state index contributed by atoms with van der Waals surface area (Å²) in [5, 5.41) is 11.5. The Bertz CT molecular complexity index is 1500. The maximum atomic E-state index is 14.1. The summed E-state index contributed by atoms with van der Waals surface area (Å²) in [6.45, 7) is 5.49. The van der Waals surface area contributed by atoms with Crippen molar-refractivity contribution in [2.75, 3.05) is 0 Å². The average Bonchev–Trinajstić information content (AvgIpc) is 2.88. The fourth-order valence-electron chi connectivity index (χ4n) is 4.81. The van der Waals surface area contributed by atoms with Crippen molar-refractivity contribution >= 4 is 0 Å². The van der Waals surface area contributed by atoms with Gasteiger partial charge in [0, 0.05) is 30.7 Å². The number of unbranched alkanes of at least 4 members (excludes halogenated alkanes) is 1. The Hall–Kier alpha value is -3.94. The molecule has 2 aromatic carbocycles. The van der Waals surface area contributed by atoms with Crippen LogP contribution in [0.4, 0.5) is 13.2 Å². The zero-order valence-electron chi connectivity index (χ0n) is 21.6. The molecule has 2 aromatic heterocycles. The van der Waals surface area contributed by atoms with Gasteiger partial charge in [-0.15, -0.1) is 0 Å². The number of aryl methyl sites for hydroxylation is 1. The van der Waals surface area contributed by atoms with Crippen molar-refractivity contribution < 1.29 is 18.3 Å². The van der Waals surface area contributed by atoms with Gasteiger partial charge in [0.15, 0.2) is 0 Å². The van der Waals surface area contributed by atoms with Crippen LogP contribution in [0.2, 0.25) is 0 Å². The molecule has 0 saturated heterocycles. The van der Waals surface area contributed by atoms with Crippen molar-refractivity contribution in [3.63, 3.8) is 0 Å². The third kappa shape index (κ3) is 5.64. The predicted molar refractivity (Wildman–Crippen MR) is 141 cm³/mol. The van der Waals surface area contributed by atoms with Gasteiger partial charge in [0.05, 0.1) is 11.6 Å². The third-order valence-corrected chi connectivity index (χ3v) is 6.75. The molecule has 0 bridgehead atoms. The van der Waals surface area contributed by atoms with E-state index >= 15 is 0 Å². The van der Waals surface area contributed by atoms with Crippen LogP contribution in [-0.4, -0.2) is 19.6 Å². The SMILES string of the molecule is CCCCc1nc(=O)c(Cc2cccc(-c3ccnc(F)c3C)c2)c(O)n1C(CC)c1cc(F)cc(F)c1. The Kier molecular flexibility index (Phi) is 8.29. The molecule has 1 atom stereocenters. The molecule has 4 rings (SSSR count). The van der Waals surface area contributed by atoms with E-state index in [0.29, 0.717) is 40.9 Å². The highest BCUT2D eigenvalue weighted by Gasteiger charge is 2.24. The van der Waals surface area contributed by atoms with Gasteiger partial charge in [0.2, 0.25) is 11.8 Å². The Morgan fingerprint density at radius 3 is 2.45 bits per heavy atom. The zero-order chi connectivity index (χ0) is 27.4. The van der Waals surface area contributed by atoms with Gasteiger partial charge in [-0.3, -0.25) is 9.36 Å². The highest BCUT2D eigenvalue weighted by atomic mass is 19.1. The molecule has 198 valence electrons. The molecule has 0 aliphatic rings. The molecule has 2 heterocycles. The number of aromatic nitrogens is 3. The Balaban J connectivity index is 1.82. The van der Waals surface area contributed by atoms with E-state index in [-0.39, 0.29) is 17.9 Å². The standard InChI is InChI=1S/C30H30F3N3O2/c1-4-6-10-27-35-29(37)25(30(38)36(27)26(5-2)21-15-22(31)17-23(32)16-21)14-19-8-7-9-20(13-19)24-11-12-34-28(33)18(24)3/h7-9,11-13,15-17,26,38H,4-6,10,14H2,1-3H3. The lowest BCUT2D eigenvalue weighted by Gasteiger charge is -2.25. The lowest BCUT2D eigenvalue weighted by molar-refractivity contribution is 0.367. The summed E-state index contributed by atoms with van der Waals surface area (Å²) in [7, 11) is 0. The molecule has 0 spiro atoms. The first-order valence-corrected chi connectivity index (χ1v) is 12.7. The minimum Gasteiger partial charge on any atom is -0.494 e. The molecule has 38 heavy (non-hydrogen) atoms. The van der Waals surface area contributed by atoms with E-state index in [1.807, 2.05) is 32.0 Å². The number of hydrogen-bond acceptors (Lipinski definition) is 4. The molecule has 0 aliphatic heterocycles. The number of hydrogen-bond donors (Lipinski definition) is 1. The Labute approximate surface area is 219 Å². The minimum atomic E-state index is -0.720. The van der Waals surface area contributed by atoms with Crippen LogP contribution in [0.3, 0.4) is 0 Å². The fraction of sp³-hybridized carbons (Fsp3) is 0.300. The second kappa shape index (κ2) is 11.6. The van der Waals surface area contributed by atoms with E-state index in [4.69, 9.17) is 0 Å². The summed E-state index contributed by atoms with van der Waals surface area (Å²) in [4.78, 5) is 21.1. The van der Waals surface area contributed by atoms with Crippen molar-refractivity contribution in [3.05, 3.63) is 111 Å². The van der Waals surface area contributed by atoms with Crippen LogP contribution in [-0.2, 0) is 12.8 Å². The maximum absolute atomic E-state index is 14.1. The van der Waals surface area contributed by atoms with Gasteiger partial charge in [-0.1, -0.05) is 44.5 Å². The number of halogens is 3. The lowest BCUT2D eigenvalue weighted by atomic mass is 9.97. The molecule has 1 unspecified atom stereocenters. The first kappa shape index (κ1) is 27.1. The van der Waals surface area contributed by atoms with Crippen molar-refractivity contribution in [3.8, 4) is 17.0 Å². The van der Waals surface area contributed by atoms with Crippen LogP contribution >= 0.6 is 0 Å². The van der Waals surface area contributed by atoms with Gasteiger partial charge >= 0.3 is 0 Å². The van der Waals surface area contributed by atoms with Crippen molar-refractivity contribution in [1.82, 2.24) is 14.5 Å². The highest BCUT2D eigenvalue weighted by Crippen LogP contribution is 2.32. The summed E-state index contributed by atoms with van der Waals surface area (Å²) < 4.78 is 43.8. The van der Waals surface area contributed by atoms with Crippen molar-refractivity contribution in [2.45, 2.75) is 58.9 Å². The van der Waals surface area contributed by atoms with E-state index in [9.17, 15) is 23.1 Å². The molecule has 0 fully saturated rings. The molecule has 4 aromatic rings. The molecular formula is C30H30F3N3O2. The van der Waals surface area contributed by atoms with E-state index in [0.717, 1.165) is 24.5 Å². The van der Waals surface area contributed by atoms with Gasteiger partial charge in [-0.25, -0.2) is 13.8 Å². The molecule has 0 radical (unpaired) electrons. The second-order valence-electron chi connectivity index (χ2n) is 9.39. The number of aromatic hydroxyl groups is 1. The monoisotopic (exact) mass is 521 g/mol. The average molecular weight is 522 g/mol. The van der Waals surface area contributed by atoms with E-state index in [2.05, 4.69) is 9.97 Å². The van der Waals surface area contributed by atoms with E-state index in [1.54, 1.807) is 19.1 Å². The normalized spacial score (nSPS) is 12.1. The second-order valence-corrected chi connectivity index (χ2v) is 9.39. The first-order valence-electron chi connectivity index (χ1n) is 12.7. The summed E-state index contributed by atoms with van der Waals surface area (Å²) >= 11 is 0. The highest BCUT2D eigenvalue weighted by molar-refractivity contribution is 5.67. The van der Waals surface area contributed by atoms with Gasteiger partial charge in [-0.05, 0) is 60.2 Å². The smallest absolute Gasteiger partial charge is 0.280 e. The van der Waals surface area contributed by atoms with Crippen molar-refractivity contribution in [2.24, 2.45) is 0 Å². The molecular weight excluding hydrogens is 491 g/mol. The molecule has 0 amide bonds. The van der Waals surface area contributed by atoms with Crippen LogP contribution < -0.4 is 5.56 Å². The van der Waals surface area contributed by atoms with Crippen LogP contribution in [0, 0.1) is 24.5 Å². The van der Waals surface area contributed by atoms with E-state index in [1.165, 1.54) is 22.9 Å². The molecule has 5 nitrogen and oxygen atoms in total. The Morgan fingerprint density at radius 1 is 1.03 bits per heavy atom. The lowest BCUT2D eigenvalue weighted by Crippen LogP contribution is -2.26. The first-order chi connectivity index (χ1) is 18.2. The van der Waals surface area contributed by atoms with Crippen LogP contribution in [0.1, 0.15) is 67.2 Å². The number of nitrogens with zero attached hydrogens (tertiary/aromatic N) is 3. The quantitative estimate of drug-likeness (QED) is 0.250. The summed E-state index contributed by atoms with van der Waals surface area (Å²) in [6.07, 6.45) is 3.86. The minimum absolute atomic E-state index is 0.0696. The molecule has 8 heteroatoms. The summed E-state index contributed by atoms with van der Waals surface area (Å²) in [5.74, 6) is -1.90. The van der Waals surface area contributed by atoms with Gasteiger partial charge in [0.25, 0.3) is 5.56 Å². The summed E-state index contributed by atoms with van der Waals surface area (Å²) in [5.41, 5.74) is 2.41. The third-order valence-electron chi connectivity index (χ3n) is 6.75.